The number of pyridine rings is 1. The summed E-state index contributed by atoms with van der Waals surface area (Å²) in [7, 11) is 0. The molecular weight excluding hydrogens is 356 g/mol. The fourth-order valence-corrected chi connectivity index (χ4v) is 2.69. The number of hydrogen-bond donors (Lipinski definition) is 4. The van der Waals surface area contributed by atoms with Crippen molar-refractivity contribution in [2.24, 2.45) is 0 Å². The quantitative estimate of drug-likeness (QED) is 0.610. The number of aromatic amines is 1. The van der Waals surface area contributed by atoms with Crippen molar-refractivity contribution in [1.82, 2.24) is 4.98 Å². The number of nitrogen functional groups attached to an aromatic ring is 1. The van der Waals surface area contributed by atoms with Crippen LogP contribution in [0.5, 0.6) is 0 Å². The molecule has 0 saturated heterocycles. The maximum atomic E-state index is 11.9. The lowest BCUT2D eigenvalue weighted by Gasteiger charge is -2.14. The molecule has 1 aromatic carbocycles. The van der Waals surface area contributed by atoms with Gasteiger partial charge in [-0.1, -0.05) is 40.2 Å². The molecule has 0 atom stereocenters. The van der Waals surface area contributed by atoms with Crippen LogP contribution >= 0.6 is 15.9 Å². The number of H-pyrrole nitrogens is 1. The van der Waals surface area contributed by atoms with Gasteiger partial charge in [0.05, 0.1) is 0 Å². The number of carboxylic acids is 2. The van der Waals surface area contributed by atoms with Gasteiger partial charge in [-0.2, -0.15) is 0 Å². The number of aromatic carboxylic acids is 2. The van der Waals surface area contributed by atoms with Gasteiger partial charge in [-0.15, -0.1) is 0 Å². The molecule has 0 bridgehead atoms. The first kappa shape index (κ1) is 15.8. The van der Waals surface area contributed by atoms with Crippen LogP contribution in [0.2, 0.25) is 0 Å². The van der Waals surface area contributed by atoms with Crippen LogP contribution < -0.4 is 11.3 Å². The first-order valence-corrected chi connectivity index (χ1v) is 7.17. The Balaban J connectivity index is 3.03. The highest BCUT2D eigenvalue weighted by Gasteiger charge is 2.27. The molecule has 0 aliphatic carbocycles. The smallest absolute Gasteiger partial charge is 0.342 e. The van der Waals surface area contributed by atoms with E-state index in [0.717, 1.165) is 0 Å². The van der Waals surface area contributed by atoms with Crippen LogP contribution in [0.4, 0.5) is 5.82 Å². The maximum absolute atomic E-state index is 11.9. The van der Waals surface area contributed by atoms with E-state index in [1.807, 2.05) is 0 Å². The Morgan fingerprint density at radius 3 is 2.27 bits per heavy atom. The summed E-state index contributed by atoms with van der Waals surface area (Å²) >= 11 is 3.25. The molecule has 1 heterocycles. The SMILES string of the molecule is Nc1[nH]c(=O)c(C(=O)O)c(-c2ccccc2CBr)c1C(=O)O. The molecular formula is C14H11BrN2O5. The summed E-state index contributed by atoms with van der Waals surface area (Å²) in [5.74, 6) is -3.33. The first-order valence-electron chi connectivity index (χ1n) is 6.05. The predicted octanol–water partition coefficient (Wildman–Crippen LogP) is 1.92. The second kappa shape index (κ2) is 6.02. The first-order chi connectivity index (χ1) is 10.4. The van der Waals surface area contributed by atoms with Crippen molar-refractivity contribution in [2.75, 3.05) is 5.73 Å². The molecule has 22 heavy (non-hydrogen) atoms. The van der Waals surface area contributed by atoms with E-state index in [-0.39, 0.29) is 11.4 Å². The Bertz CT molecular complexity index is 828. The largest absolute Gasteiger partial charge is 0.478 e. The number of aromatic nitrogens is 1. The highest BCUT2D eigenvalue weighted by atomic mass is 79.9. The third-order valence-corrected chi connectivity index (χ3v) is 3.71. The summed E-state index contributed by atoms with van der Waals surface area (Å²) in [6.07, 6.45) is 0. The van der Waals surface area contributed by atoms with Gasteiger partial charge in [0.25, 0.3) is 5.56 Å². The van der Waals surface area contributed by atoms with Crippen molar-refractivity contribution >= 4 is 33.7 Å². The third-order valence-electron chi connectivity index (χ3n) is 3.10. The van der Waals surface area contributed by atoms with Gasteiger partial charge >= 0.3 is 11.9 Å². The Kier molecular flexibility index (Phi) is 4.32. The van der Waals surface area contributed by atoms with Crippen molar-refractivity contribution in [3.05, 3.63) is 51.3 Å². The zero-order valence-corrected chi connectivity index (χ0v) is 12.7. The van der Waals surface area contributed by atoms with Crippen LogP contribution in [0.3, 0.4) is 0 Å². The number of rotatable bonds is 4. The topological polar surface area (TPSA) is 133 Å². The van der Waals surface area contributed by atoms with Gasteiger partial charge in [-0.05, 0) is 11.1 Å². The normalized spacial score (nSPS) is 10.4. The fourth-order valence-electron chi connectivity index (χ4n) is 2.20. The van der Waals surface area contributed by atoms with Gasteiger partial charge in [0.2, 0.25) is 0 Å². The number of carbonyl (C=O) groups is 2. The van der Waals surface area contributed by atoms with E-state index >= 15 is 0 Å². The summed E-state index contributed by atoms with van der Waals surface area (Å²) in [6.45, 7) is 0. The number of anilines is 1. The van der Waals surface area contributed by atoms with Gasteiger partial charge in [0, 0.05) is 10.9 Å². The number of nitrogens with two attached hydrogens (primary N) is 1. The van der Waals surface area contributed by atoms with E-state index < -0.39 is 28.6 Å². The Morgan fingerprint density at radius 2 is 1.73 bits per heavy atom. The van der Waals surface area contributed by atoms with E-state index in [4.69, 9.17) is 5.73 Å². The molecule has 5 N–H and O–H groups in total. The maximum Gasteiger partial charge on any atom is 0.342 e. The number of hydrogen-bond acceptors (Lipinski definition) is 4. The zero-order chi connectivity index (χ0) is 16.4. The minimum atomic E-state index is -1.52. The average molecular weight is 367 g/mol. The molecule has 0 saturated carbocycles. The molecule has 0 unspecified atom stereocenters. The molecule has 0 fully saturated rings. The van der Waals surface area contributed by atoms with Crippen molar-refractivity contribution in [3.63, 3.8) is 0 Å². The minimum absolute atomic E-state index is 0.198. The number of nitrogens with one attached hydrogen (secondary N) is 1. The van der Waals surface area contributed by atoms with Crippen LogP contribution in [0.25, 0.3) is 11.1 Å². The summed E-state index contributed by atoms with van der Waals surface area (Å²) in [5, 5.41) is 19.0. The number of benzene rings is 1. The lowest BCUT2D eigenvalue weighted by Crippen LogP contribution is -2.24. The molecule has 0 radical (unpaired) electrons. The molecule has 2 aromatic rings. The van der Waals surface area contributed by atoms with Gasteiger partial charge in [-0.25, -0.2) is 9.59 Å². The lowest BCUT2D eigenvalue weighted by molar-refractivity contribution is 0.0695. The molecule has 0 aliphatic rings. The van der Waals surface area contributed by atoms with Crippen molar-refractivity contribution in [3.8, 4) is 11.1 Å². The Hall–Kier alpha value is -2.61. The van der Waals surface area contributed by atoms with Crippen LogP contribution in [-0.2, 0) is 5.33 Å². The van der Waals surface area contributed by atoms with Crippen molar-refractivity contribution in [1.29, 1.82) is 0 Å². The molecule has 0 amide bonds. The van der Waals surface area contributed by atoms with Crippen LogP contribution in [0, 0.1) is 0 Å². The van der Waals surface area contributed by atoms with Gasteiger partial charge in [0.15, 0.2) is 0 Å². The minimum Gasteiger partial charge on any atom is -0.478 e. The predicted molar refractivity (Wildman–Crippen MR) is 83.5 cm³/mol. The monoisotopic (exact) mass is 366 g/mol. The van der Waals surface area contributed by atoms with E-state index in [1.54, 1.807) is 24.3 Å². The molecule has 7 nitrogen and oxygen atoms in total. The van der Waals surface area contributed by atoms with E-state index in [1.165, 1.54) is 0 Å². The van der Waals surface area contributed by atoms with E-state index in [0.29, 0.717) is 16.5 Å². The van der Waals surface area contributed by atoms with Crippen molar-refractivity contribution in [2.45, 2.75) is 5.33 Å². The standard InChI is InChI=1S/C14H11BrN2O5/c15-5-6-3-1-2-4-7(6)8-9(13(19)20)11(16)17-12(18)10(8)14(21)22/h1-4H,5H2,(H,19,20)(H,21,22)(H3,16,17,18). The van der Waals surface area contributed by atoms with Gasteiger partial charge < -0.3 is 20.9 Å². The number of carboxylic acid groups (broad SMARTS) is 2. The molecule has 1 aromatic heterocycles. The highest BCUT2D eigenvalue weighted by Crippen LogP contribution is 2.32. The molecule has 2 rings (SSSR count). The fraction of sp³-hybridized carbons (Fsp3) is 0.0714. The van der Waals surface area contributed by atoms with E-state index in [9.17, 15) is 24.6 Å². The number of halogens is 1. The molecule has 114 valence electrons. The Morgan fingerprint density at radius 1 is 1.14 bits per heavy atom. The summed E-state index contributed by atoms with van der Waals surface area (Å²) in [5.41, 5.74) is 4.30. The van der Waals surface area contributed by atoms with Crippen LogP contribution in [-0.4, -0.2) is 27.1 Å². The summed E-state index contributed by atoms with van der Waals surface area (Å²) < 4.78 is 0. The van der Waals surface area contributed by atoms with Gasteiger partial charge in [0.1, 0.15) is 16.9 Å². The lowest BCUT2D eigenvalue weighted by atomic mass is 9.92. The van der Waals surface area contributed by atoms with Gasteiger partial charge in [-0.3, -0.25) is 4.79 Å². The molecule has 8 heteroatoms. The molecule has 0 spiro atoms. The second-order valence-electron chi connectivity index (χ2n) is 4.39. The molecule has 0 aliphatic heterocycles. The number of alkyl halides is 1. The van der Waals surface area contributed by atoms with Crippen molar-refractivity contribution < 1.29 is 19.8 Å². The van der Waals surface area contributed by atoms with Crippen LogP contribution in [0.1, 0.15) is 26.3 Å². The van der Waals surface area contributed by atoms with Crippen LogP contribution in [0.15, 0.2) is 29.1 Å². The third kappa shape index (κ3) is 2.60. The highest BCUT2D eigenvalue weighted by molar-refractivity contribution is 9.08. The average Bonchev–Trinajstić information content (AvgIpc) is 2.45. The summed E-state index contributed by atoms with van der Waals surface area (Å²) in [6, 6.07) is 6.58. The summed E-state index contributed by atoms with van der Waals surface area (Å²) in [4.78, 5) is 36.9. The Labute approximate surface area is 132 Å². The van der Waals surface area contributed by atoms with E-state index in [2.05, 4.69) is 20.9 Å². The zero-order valence-electron chi connectivity index (χ0n) is 11.1. The second-order valence-corrected chi connectivity index (χ2v) is 4.95.